The number of sulfonamides is 1. The van der Waals surface area contributed by atoms with Crippen LogP contribution in [0, 0.1) is 6.92 Å². The van der Waals surface area contributed by atoms with Crippen LogP contribution >= 0.6 is 11.3 Å². The summed E-state index contributed by atoms with van der Waals surface area (Å²) in [5, 5.41) is 13.3. The number of benzene rings is 1. The lowest BCUT2D eigenvalue weighted by Gasteiger charge is -2.28. The first-order chi connectivity index (χ1) is 13.7. The van der Waals surface area contributed by atoms with Gasteiger partial charge in [0.05, 0.1) is 4.90 Å². The molecule has 0 atom stereocenters. The lowest BCUT2D eigenvalue weighted by atomic mass is 10.0. The molecule has 1 amide bonds. The molecular weight excluding hydrogens is 418 g/mol. The molecule has 2 aromatic rings. The number of aliphatic hydroxyl groups is 1. The van der Waals surface area contributed by atoms with Gasteiger partial charge in [-0.15, -0.1) is 11.3 Å². The van der Waals surface area contributed by atoms with Crippen molar-refractivity contribution in [3.63, 3.8) is 0 Å². The minimum Gasteiger partial charge on any atom is -0.505 e. The molecule has 2 N–H and O–H groups in total. The Labute approximate surface area is 170 Å². The van der Waals surface area contributed by atoms with Gasteiger partial charge in [0, 0.05) is 42.1 Å². The van der Waals surface area contributed by atoms with E-state index in [1.165, 1.54) is 23.5 Å². The summed E-state index contributed by atoms with van der Waals surface area (Å²) < 4.78 is 26.5. The van der Waals surface area contributed by atoms with Crippen molar-refractivity contribution < 1.29 is 27.9 Å². The second-order valence-electron chi connectivity index (χ2n) is 6.24. The maximum Gasteiger partial charge on any atom is 0.278 e. The monoisotopic (exact) mass is 435 g/mol. The number of hydrogen-bond acceptors (Lipinski definition) is 8. The van der Waals surface area contributed by atoms with Gasteiger partial charge in [-0.1, -0.05) is 6.07 Å². The van der Waals surface area contributed by atoms with Crippen molar-refractivity contribution >= 4 is 50.2 Å². The Kier molecular flexibility index (Phi) is 5.53. The van der Waals surface area contributed by atoms with E-state index in [1.807, 2.05) is 0 Å². The number of aldehydes is 1. The van der Waals surface area contributed by atoms with E-state index in [0.717, 1.165) is 18.0 Å². The van der Waals surface area contributed by atoms with Crippen molar-refractivity contribution in [2.45, 2.75) is 24.7 Å². The van der Waals surface area contributed by atoms with Crippen molar-refractivity contribution in [3.8, 4) is 0 Å². The number of Topliss-reactive ketones (excluding diaryl/α,β-unsaturated/α-hetero) is 1. The first-order valence-electron chi connectivity index (χ1n) is 8.44. The van der Waals surface area contributed by atoms with E-state index in [-0.39, 0.29) is 34.0 Å². The highest BCUT2D eigenvalue weighted by Gasteiger charge is 2.38. The highest BCUT2D eigenvalue weighted by Crippen LogP contribution is 2.36. The molecule has 1 aromatic heterocycles. The van der Waals surface area contributed by atoms with Gasteiger partial charge in [-0.3, -0.25) is 19.2 Å². The highest BCUT2D eigenvalue weighted by molar-refractivity contribution is 7.89. The number of hydrogen-bond donors (Lipinski definition) is 2. The van der Waals surface area contributed by atoms with E-state index in [9.17, 15) is 27.9 Å². The first kappa shape index (κ1) is 20.7. The van der Waals surface area contributed by atoms with Crippen LogP contribution in [0.2, 0.25) is 0 Å². The van der Waals surface area contributed by atoms with E-state index in [1.54, 1.807) is 13.1 Å². The number of aliphatic hydroxyl groups excluding tert-OH is 1. The minimum atomic E-state index is -4.20. The molecular formula is C18H17N3O6S2. The predicted molar refractivity (Wildman–Crippen MR) is 106 cm³/mol. The Bertz CT molecular complexity index is 1150. The quantitative estimate of drug-likeness (QED) is 0.524. The van der Waals surface area contributed by atoms with Gasteiger partial charge >= 0.3 is 0 Å². The zero-order chi connectivity index (χ0) is 21.3. The summed E-state index contributed by atoms with van der Waals surface area (Å²) >= 11 is 1.20. The van der Waals surface area contributed by atoms with Crippen LogP contribution in [0.25, 0.3) is 5.76 Å². The van der Waals surface area contributed by atoms with Gasteiger partial charge in [-0.25, -0.2) is 13.4 Å². The fourth-order valence-electron chi connectivity index (χ4n) is 2.80. The molecule has 0 spiro atoms. The van der Waals surface area contributed by atoms with E-state index >= 15 is 0 Å². The topological polar surface area (TPSA) is 134 Å². The number of aryl methyl sites for hydroxylation is 1. The molecule has 1 aliphatic rings. The van der Waals surface area contributed by atoms with Crippen molar-refractivity contribution in [1.29, 1.82) is 0 Å². The standard InChI is InChI=1S/C18H17N3O6S2/c1-10-9-19-18(28-10)20-17(25)15-16(24)12-6-5-11(13(23)4-3-7-22)8-14(12)29(26,27)21(15)2/h5-9,24H,3-4H2,1-2H3,(H,19,20,25). The SMILES string of the molecule is Cc1cnc(NC(=O)C2=C(O)c3ccc(C(=O)CCC=O)cc3S(=O)(=O)N2C)s1. The Morgan fingerprint density at radius 3 is 2.69 bits per heavy atom. The van der Waals surface area contributed by atoms with Crippen LogP contribution in [0.3, 0.4) is 0 Å². The maximum atomic E-state index is 12.9. The first-order valence-corrected chi connectivity index (χ1v) is 10.7. The van der Waals surface area contributed by atoms with Crippen molar-refractivity contribution in [3.05, 3.63) is 46.1 Å². The van der Waals surface area contributed by atoms with Gasteiger partial charge in [0.2, 0.25) is 0 Å². The minimum absolute atomic E-state index is 0.0221. The van der Waals surface area contributed by atoms with Crippen LogP contribution in [-0.2, 0) is 19.6 Å². The number of aromatic nitrogens is 1. The number of ketones is 1. The molecule has 9 nitrogen and oxygen atoms in total. The van der Waals surface area contributed by atoms with Crippen LogP contribution in [0.4, 0.5) is 5.13 Å². The third-order valence-electron chi connectivity index (χ3n) is 4.28. The number of likely N-dealkylation sites (N-methyl/N-ethyl adjacent to an activating group) is 1. The largest absolute Gasteiger partial charge is 0.505 e. The van der Waals surface area contributed by atoms with E-state index in [2.05, 4.69) is 10.3 Å². The lowest BCUT2D eigenvalue weighted by Crippen LogP contribution is -2.37. The summed E-state index contributed by atoms with van der Waals surface area (Å²) in [4.78, 5) is 39.8. The van der Waals surface area contributed by atoms with E-state index in [4.69, 9.17) is 0 Å². The van der Waals surface area contributed by atoms with Crippen LogP contribution < -0.4 is 5.32 Å². The van der Waals surface area contributed by atoms with Crippen molar-refractivity contribution in [1.82, 2.24) is 9.29 Å². The summed E-state index contributed by atoms with van der Waals surface area (Å²) in [7, 11) is -3.06. The fourth-order valence-corrected chi connectivity index (χ4v) is 4.89. The van der Waals surface area contributed by atoms with E-state index in [0.29, 0.717) is 10.6 Å². The average Bonchev–Trinajstić information content (AvgIpc) is 3.09. The molecule has 0 bridgehead atoms. The molecule has 0 unspecified atom stereocenters. The smallest absolute Gasteiger partial charge is 0.278 e. The molecule has 11 heteroatoms. The zero-order valence-electron chi connectivity index (χ0n) is 15.5. The zero-order valence-corrected chi connectivity index (χ0v) is 17.1. The van der Waals surface area contributed by atoms with Crippen LogP contribution in [0.1, 0.15) is 33.6 Å². The second kappa shape index (κ2) is 7.76. The number of fused-ring (bicyclic) bond motifs is 1. The van der Waals surface area contributed by atoms with Crippen LogP contribution in [0.15, 0.2) is 35.0 Å². The highest BCUT2D eigenvalue weighted by atomic mass is 32.2. The normalized spacial score (nSPS) is 15.0. The molecule has 29 heavy (non-hydrogen) atoms. The summed E-state index contributed by atoms with van der Waals surface area (Å²) in [6, 6.07) is 3.76. The molecule has 0 fully saturated rings. The Hall–Kier alpha value is -3.05. The Morgan fingerprint density at radius 1 is 1.34 bits per heavy atom. The van der Waals surface area contributed by atoms with Crippen LogP contribution in [-0.4, -0.2) is 47.8 Å². The van der Waals surface area contributed by atoms with Gasteiger partial charge < -0.3 is 9.90 Å². The third-order valence-corrected chi connectivity index (χ3v) is 6.91. The number of nitrogens with zero attached hydrogens (tertiary/aromatic N) is 2. The van der Waals surface area contributed by atoms with Crippen molar-refractivity contribution in [2.75, 3.05) is 12.4 Å². The van der Waals surface area contributed by atoms with E-state index < -0.39 is 33.2 Å². The van der Waals surface area contributed by atoms with Gasteiger partial charge in [0.15, 0.2) is 22.4 Å². The Balaban J connectivity index is 2.04. The number of carbonyl (C=O) groups is 3. The van der Waals surface area contributed by atoms with Gasteiger partial charge in [0.1, 0.15) is 6.29 Å². The van der Waals surface area contributed by atoms with Crippen molar-refractivity contribution in [2.24, 2.45) is 0 Å². The molecule has 3 rings (SSSR count). The lowest BCUT2D eigenvalue weighted by molar-refractivity contribution is -0.113. The number of anilines is 1. The van der Waals surface area contributed by atoms with Gasteiger partial charge in [-0.05, 0) is 19.1 Å². The predicted octanol–water partition coefficient (Wildman–Crippen LogP) is 2.11. The number of rotatable bonds is 6. The average molecular weight is 435 g/mol. The molecule has 0 saturated carbocycles. The summed E-state index contributed by atoms with van der Waals surface area (Å²) in [6.07, 6.45) is 2.12. The summed E-state index contributed by atoms with van der Waals surface area (Å²) in [6.45, 7) is 1.80. The molecule has 0 saturated heterocycles. The number of carbonyl (C=O) groups excluding carboxylic acids is 3. The molecule has 2 heterocycles. The number of amides is 1. The molecule has 0 radical (unpaired) electrons. The van der Waals surface area contributed by atoms with Gasteiger partial charge in [-0.2, -0.15) is 0 Å². The molecule has 1 aliphatic heterocycles. The number of nitrogens with one attached hydrogen (secondary N) is 1. The second-order valence-corrected chi connectivity index (χ2v) is 9.41. The summed E-state index contributed by atoms with van der Waals surface area (Å²) in [5.74, 6) is -1.77. The summed E-state index contributed by atoms with van der Waals surface area (Å²) in [5.41, 5.74) is -0.442. The van der Waals surface area contributed by atoms with Crippen LogP contribution in [0.5, 0.6) is 0 Å². The maximum absolute atomic E-state index is 12.9. The number of thiazole rings is 1. The molecule has 152 valence electrons. The third kappa shape index (κ3) is 3.78. The van der Waals surface area contributed by atoms with Gasteiger partial charge in [0.25, 0.3) is 15.9 Å². The molecule has 1 aromatic carbocycles. The molecule has 0 aliphatic carbocycles. The Morgan fingerprint density at radius 2 is 2.07 bits per heavy atom. The fraction of sp³-hybridized carbons (Fsp3) is 0.222.